The van der Waals surface area contributed by atoms with Crippen LogP contribution in [-0.2, 0) is 27.6 Å². The fourth-order valence-electron chi connectivity index (χ4n) is 3.08. The minimum Gasteiger partial charge on any atom is -0.328 e. The van der Waals surface area contributed by atoms with Crippen LogP contribution in [0.3, 0.4) is 0 Å². The number of carbonyl (C=O) groups excluding carboxylic acids is 1. The van der Waals surface area contributed by atoms with Crippen molar-refractivity contribution in [1.82, 2.24) is 9.55 Å². The van der Waals surface area contributed by atoms with Crippen molar-refractivity contribution < 1.29 is 13.2 Å². The van der Waals surface area contributed by atoms with Crippen LogP contribution in [0.15, 0.2) is 47.4 Å². The molecule has 0 saturated carbocycles. The van der Waals surface area contributed by atoms with Crippen molar-refractivity contribution in [1.29, 1.82) is 0 Å². The summed E-state index contributed by atoms with van der Waals surface area (Å²) in [5, 5.41) is 2.88. The highest BCUT2D eigenvalue weighted by molar-refractivity contribution is 7.90. The van der Waals surface area contributed by atoms with E-state index >= 15 is 0 Å². The number of aryl methyl sites for hydroxylation is 2. The molecule has 0 bridgehead atoms. The number of carbonyl (C=O) groups is 1. The first-order chi connectivity index (χ1) is 12.8. The largest absolute Gasteiger partial charge is 0.328 e. The maximum absolute atomic E-state index is 12.3. The first kappa shape index (κ1) is 19.1. The predicted molar refractivity (Wildman–Crippen MR) is 107 cm³/mol. The molecular formula is C20H23N3O3S. The molecule has 0 aliphatic carbocycles. The third kappa shape index (κ3) is 4.36. The normalized spacial score (nSPS) is 11.7. The Balaban J connectivity index is 1.72. The van der Waals surface area contributed by atoms with E-state index in [1.54, 1.807) is 12.1 Å². The van der Waals surface area contributed by atoms with Crippen LogP contribution in [0.5, 0.6) is 0 Å². The van der Waals surface area contributed by atoms with Crippen LogP contribution in [0.25, 0.3) is 11.0 Å². The summed E-state index contributed by atoms with van der Waals surface area (Å²) in [4.78, 5) is 17.1. The Morgan fingerprint density at radius 1 is 1.15 bits per heavy atom. The minimum atomic E-state index is -3.23. The number of fused-ring (bicyclic) bond motifs is 1. The van der Waals surface area contributed by atoms with Crippen LogP contribution < -0.4 is 5.32 Å². The zero-order valence-corrected chi connectivity index (χ0v) is 16.5. The quantitative estimate of drug-likeness (QED) is 0.706. The number of aromatic nitrogens is 2. The number of nitrogens with zero attached hydrogens (tertiary/aromatic N) is 2. The van der Waals surface area contributed by atoms with Crippen LogP contribution in [-0.4, -0.2) is 30.1 Å². The molecule has 1 aromatic heterocycles. The summed E-state index contributed by atoms with van der Waals surface area (Å²) in [7, 11) is -3.23. The lowest BCUT2D eigenvalue weighted by atomic mass is 10.1. The zero-order valence-electron chi connectivity index (χ0n) is 15.7. The molecule has 1 N–H and O–H groups in total. The Labute approximate surface area is 159 Å². The van der Waals surface area contributed by atoms with E-state index in [9.17, 15) is 13.2 Å². The molecule has 0 aliphatic rings. The van der Waals surface area contributed by atoms with Gasteiger partial charge in [0.1, 0.15) is 5.82 Å². The molecule has 0 aliphatic heterocycles. The Morgan fingerprint density at radius 3 is 2.48 bits per heavy atom. The molecule has 1 heterocycles. The summed E-state index contributed by atoms with van der Waals surface area (Å²) in [5.41, 5.74) is 3.37. The average Bonchev–Trinajstić information content (AvgIpc) is 2.90. The van der Waals surface area contributed by atoms with Crippen LogP contribution in [0.2, 0.25) is 0 Å². The molecule has 0 spiro atoms. The van der Waals surface area contributed by atoms with Gasteiger partial charge in [0.25, 0.3) is 0 Å². The molecule has 0 saturated heterocycles. The fraction of sp³-hybridized carbons (Fsp3) is 0.300. The first-order valence-corrected chi connectivity index (χ1v) is 10.7. The van der Waals surface area contributed by atoms with Gasteiger partial charge in [0.15, 0.2) is 9.84 Å². The number of nitrogens with one attached hydrogen (secondary N) is 1. The molecule has 7 heteroatoms. The van der Waals surface area contributed by atoms with E-state index in [0.717, 1.165) is 41.6 Å². The molecule has 3 aromatic rings. The number of imidazole rings is 1. The van der Waals surface area contributed by atoms with Crippen molar-refractivity contribution in [3.05, 3.63) is 53.9 Å². The predicted octanol–water partition coefficient (Wildman–Crippen LogP) is 3.34. The van der Waals surface area contributed by atoms with Gasteiger partial charge in [-0.3, -0.25) is 4.79 Å². The smallest absolute Gasteiger partial charge is 0.228 e. The minimum absolute atomic E-state index is 0.161. The standard InChI is InChI=1S/C20H23N3O3S/c1-4-11-23-14(2)21-18-13-16(7-10-19(18)23)22-20(24)12-15-5-8-17(9-6-15)27(3,25)26/h5-10,13H,4,11-12H2,1-3H3,(H,22,24). The van der Waals surface area contributed by atoms with E-state index < -0.39 is 9.84 Å². The number of benzene rings is 2. The molecular weight excluding hydrogens is 362 g/mol. The lowest BCUT2D eigenvalue weighted by Crippen LogP contribution is -2.14. The maximum atomic E-state index is 12.3. The number of anilines is 1. The molecule has 0 radical (unpaired) electrons. The molecule has 0 fully saturated rings. The van der Waals surface area contributed by atoms with Gasteiger partial charge in [-0.15, -0.1) is 0 Å². The van der Waals surface area contributed by atoms with Gasteiger partial charge >= 0.3 is 0 Å². The summed E-state index contributed by atoms with van der Waals surface area (Å²) in [6.07, 6.45) is 2.36. The molecule has 27 heavy (non-hydrogen) atoms. The van der Waals surface area contributed by atoms with E-state index in [-0.39, 0.29) is 17.2 Å². The van der Waals surface area contributed by atoms with Gasteiger partial charge in [-0.25, -0.2) is 13.4 Å². The average molecular weight is 385 g/mol. The highest BCUT2D eigenvalue weighted by Crippen LogP contribution is 2.21. The first-order valence-electron chi connectivity index (χ1n) is 8.83. The van der Waals surface area contributed by atoms with Gasteiger partial charge in [-0.05, 0) is 49.2 Å². The number of rotatable bonds is 6. The molecule has 2 aromatic carbocycles. The lowest BCUT2D eigenvalue weighted by Gasteiger charge is -2.07. The zero-order chi connectivity index (χ0) is 19.6. The molecule has 0 unspecified atom stereocenters. The second kappa shape index (κ2) is 7.52. The topological polar surface area (TPSA) is 81.1 Å². The van der Waals surface area contributed by atoms with Crippen LogP contribution >= 0.6 is 0 Å². The van der Waals surface area contributed by atoms with Crippen LogP contribution in [0.1, 0.15) is 24.7 Å². The highest BCUT2D eigenvalue weighted by Gasteiger charge is 2.11. The summed E-state index contributed by atoms with van der Waals surface area (Å²) < 4.78 is 25.2. The Kier molecular flexibility index (Phi) is 5.32. The van der Waals surface area contributed by atoms with Crippen LogP contribution in [0, 0.1) is 6.92 Å². The van der Waals surface area contributed by atoms with Crippen molar-refractivity contribution in [3.63, 3.8) is 0 Å². The van der Waals surface area contributed by atoms with E-state index in [1.807, 2.05) is 25.1 Å². The molecule has 1 amide bonds. The number of hydrogen-bond donors (Lipinski definition) is 1. The molecule has 0 atom stereocenters. The van der Waals surface area contributed by atoms with Crippen molar-refractivity contribution in [2.45, 2.75) is 38.1 Å². The SMILES string of the molecule is CCCn1c(C)nc2cc(NC(=O)Cc3ccc(S(C)(=O)=O)cc3)ccc21. The number of hydrogen-bond acceptors (Lipinski definition) is 4. The summed E-state index contributed by atoms with van der Waals surface area (Å²) in [6.45, 7) is 5.02. The van der Waals surface area contributed by atoms with E-state index in [4.69, 9.17) is 0 Å². The lowest BCUT2D eigenvalue weighted by molar-refractivity contribution is -0.115. The Hall–Kier alpha value is -2.67. The third-order valence-electron chi connectivity index (χ3n) is 4.39. The van der Waals surface area contributed by atoms with Gasteiger partial charge in [-0.2, -0.15) is 0 Å². The van der Waals surface area contributed by atoms with Crippen LogP contribution in [0.4, 0.5) is 5.69 Å². The van der Waals surface area contributed by atoms with Crippen molar-refractivity contribution in [2.75, 3.05) is 11.6 Å². The second-order valence-corrected chi connectivity index (χ2v) is 8.67. The summed E-state index contributed by atoms with van der Waals surface area (Å²) in [5.74, 6) is 0.799. The van der Waals surface area contributed by atoms with E-state index in [0.29, 0.717) is 5.69 Å². The number of sulfone groups is 1. The number of amides is 1. The van der Waals surface area contributed by atoms with Gasteiger partial charge in [0.05, 0.1) is 22.3 Å². The van der Waals surface area contributed by atoms with Gasteiger partial charge in [0, 0.05) is 18.5 Å². The maximum Gasteiger partial charge on any atom is 0.228 e. The van der Waals surface area contributed by atoms with E-state index in [2.05, 4.69) is 21.8 Å². The van der Waals surface area contributed by atoms with Crippen molar-refractivity contribution in [2.24, 2.45) is 0 Å². The van der Waals surface area contributed by atoms with Crippen molar-refractivity contribution in [3.8, 4) is 0 Å². The Bertz CT molecular complexity index is 1080. The van der Waals surface area contributed by atoms with Crippen molar-refractivity contribution >= 4 is 32.5 Å². The van der Waals surface area contributed by atoms with Gasteiger partial charge in [-0.1, -0.05) is 19.1 Å². The second-order valence-electron chi connectivity index (χ2n) is 6.66. The summed E-state index contributed by atoms with van der Waals surface area (Å²) >= 11 is 0. The molecule has 3 rings (SSSR count). The fourth-order valence-corrected chi connectivity index (χ4v) is 3.71. The van der Waals surface area contributed by atoms with Gasteiger partial charge < -0.3 is 9.88 Å². The third-order valence-corrected chi connectivity index (χ3v) is 5.51. The Morgan fingerprint density at radius 2 is 1.85 bits per heavy atom. The summed E-state index contributed by atoms with van der Waals surface area (Å²) in [6, 6.07) is 12.1. The molecule has 142 valence electrons. The van der Waals surface area contributed by atoms with E-state index in [1.165, 1.54) is 12.1 Å². The molecule has 6 nitrogen and oxygen atoms in total. The highest BCUT2D eigenvalue weighted by atomic mass is 32.2. The van der Waals surface area contributed by atoms with Gasteiger partial charge in [0.2, 0.25) is 5.91 Å². The monoisotopic (exact) mass is 385 g/mol.